The van der Waals surface area contributed by atoms with E-state index in [1.54, 1.807) is 4.90 Å². The second kappa shape index (κ2) is 5.17. The zero-order valence-electron chi connectivity index (χ0n) is 11.0. The highest BCUT2D eigenvalue weighted by molar-refractivity contribution is 9.08. The average Bonchev–Trinajstić information content (AvgIpc) is 2.75. The molecule has 1 unspecified atom stereocenters. The van der Waals surface area contributed by atoms with Crippen LogP contribution in [0.2, 0.25) is 0 Å². The Balaban J connectivity index is 2.14. The lowest BCUT2D eigenvalue weighted by atomic mass is 10.1. The summed E-state index contributed by atoms with van der Waals surface area (Å²) in [6.07, 6.45) is 0.801. The number of halogens is 3. The molecule has 1 nitrogen and oxygen atoms in total. The molecular formula is C16H14BrF2N. The minimum Gasteiger partial charge on any atom is -0.333 e. The van der Waals surface area contributed by atoms with E-state index in [1.165, 1.54) is 12.1 Å². The van der Waals surface area contributed by atoms with Crippen LogP contribution < -0.4 is 4.90 Å². The smallest absolute Gasteiger partial charge is 0.150 e. The molecule has 0 amide bonds. The van der Waals surface area contributed by atoms with Gasteiger partial charge in [-0.2, -0.15) is 0 Å². The Labute approximate surface area is 125 Å². The van der Waals surface area contributed by atoms with Crippen LogP contribution in [0.15, 0.2) is 36.4 Å². The molecule has 0 fully saturated rings. The fourth-order valence-corrected chi connectivity index (χ4v) is 3.16. The lowest BCUT2D eigenvalue weighted by Gasteiger charge is -2.26. The van der Waals surface area contributed by atoms with Crippen LogP contribution in [0.5, 0.6) is 0 Å². The van der Waals surface area contributed by atoms with Crippen LogP contribution in [0.25, 0.3) is 0 Å². The van der Waals surface area contributed by atoms with Gasteiger partial charge in [-0.3, -0.25) is 0 Å². The number of hydrogen-bond acceptors (Lipinski definition) is 1. The van der Waals surface area contributed by atoms with Crippen molar-refractivity contribution in [2.75, 3.05) is 4.90 Å². The van der Waals surface area contributed by atoms with Crippen molar-refractivity contribution in [2.45, 2.75) is 24.7 Å². The van der Waals surface area contributed by atoms with Crippen LogP contribution in [-0.2, 0) is 11.8 Å². The van der Waals surface area contributed by atoms with Gasteiger partial charge < -0.3 is 4.90 Å². The molecule has 1 atom stereocenters. The second-order valence-corrected chi connectivity index (χ2v) is 5.65. The Hall–Kier alpha value is -1.42. The average molecular weight is 338 g/mol. The molecule has 1 heterocycles. The van der Waals surface area contributed by atoms with Crippen molar-refractivity contribution in [2.24, 2.45) is 0 Å². The number of nitrogens with zero attached hydrogens (tertiary/aromatic N) is 1. The normalized spacial score (nSPS) is 17.4. The molecule has 1 aliphatic heterocycles. The quantitative estimate of drug-likeness (QED) is 0.701. The van der Waals surface area contributed by atoms with Crippen LogP contribution in [0, 0.1) is 11.6 Å². The maximum atomic E-state index is 14.3. The van der Waals surface area contributed by atoms with Crippen molar-refractivity contribution in [1.82, 2.24) is 0 Å². The summed E-state index contributed by atoms with van der Waals surface area (Å²) in [5.41, 5.74) is 2.67. The molecule has 0 aromatic heterocycles. The summed E-state index contributed by atoms with van der Waals surface area (Å²) < 4.78 is 28.6. The Morgan fingerprint density at radius 1 is 1.20 bits per heavy atom. The van der Waals surface area contributed by atoms with Crippen LogP contribution in [0.4, 0.5) is 20.2 Å². The predicted molar refractivity (Wildman–Crippen MR) is 80.7 cm³/mol. The van der Waals surface area contributed by atoms with Crippen molar-refractivity contribution in [3.63, 3.8) is 0 Å². The Kier molecular flexibility index (Phi) is 3.50. The first-order valence-electron chi connectivity index (χ1n) is 6.53. The minimum atomic E-state index is -0.511. The van der Waals surface area contributed by atoms with Crippen molar-refractivity contribution >= 4 is 27.3 Å². The van der Waals surface area contributed by atoms with Gasteiger partial charge in [0.05, 0.1) is 0 Å². The van der Waals surface area contributed by atoms with Crippen LogP contribution in [0.1, 0.15) is 18.1 Å². The van der Waals surface area contributed by atoms with E-state index in [0.717, 1.165) is 17.7 Å². The summed E-state index contributed by atoms with van der Waals surface area (Å²) in [4.78, 5) is 1.76. The molecule has 4 heteroatoms. The number of hydrogen-bond donors (Lipinski definition) is 0. The van der Waals surface area contributed by atoms with Crippen LogP contribution in [0.3, 0.4) is 0 Å². The van der Waals surface area contributed by atoms with E-state index in [0.29, 0.717) is 10.9 Å². The van der Waals surface area contributed by atoms with Crippen molar-refractivity contribution < 1.29 is 8.78 Å². The minimum absolute atomic E-state index is 0.0474. The van der Waals surface area contributed by atoms with Crippen molar-refractivity contribution in [3.05, 3.63) is 59.2 Å². The van der Waals surface area contributed by atoms with Gasteiger partial charge in [0.15, 0.2) is 0 Å². The molecule has 0 saturated heterocycles. The summed E-state index contributed by atoms with van der Waals surface area (Å²) in [5.74, 6) is -1.02. The van der Waals surface area contributed by atoms with Gasteiger partial charge in [-0.25, -0.2) is 8.78 Å². The van der Waals surface area contributed by atoms with Crippen LogP contribution in [-0.4, -0.2) is 6.04 Å². The van der Waals surface area contributed by atoms with Crippen LogP contribution >= 0.6 is 15.9 Å². The third-order valence-electron chi connectivity index (χ3n) is 3.68. The summed E-state index contributed by atoms with van der Waals surface area (Å²) in [7, 11) is 0. The van der Waals surface area contributed by atoms with Gasteiger partial charge in [0.1, 0.15) is 17.3 Å². The zero-order valence-corrected chi connectivity index (χ0v) is 12.6. The molecule has 0 saturated carbocycles. The summed E-state index contributed by atoms with van der Waals surface area (Å²) in [6.45, 7) is 1.98. The maximum absolute atomic E-state index is 14.3. The highest BCUT2D eigenvalue weighted by Gasteiger charge is 2.30. The molecular weight excluding hydrogens is 324 g/mol. The van der Waals surface area contributed by atoms with E-state index >= 15 is 0 Å². The molecule has 0 spiro atoms. The fraction of sp³-hybridized carbons (Fsp3) is 0.250. The topological polar surface area (TPSA) is 3.24 Å². The molecule has 3 rings (SSSR count). The summed E-state index contributed by atoms with van der Waals surface area (Å²) >= 11 is 3.22. The first-order valence-corrected chi connectivity index (χ1v) is 7.65. The van der Waals surface area contributed by atoms with Gasteiger partial charge in [-0.15, -0.1) is 0 Å². The van der Waals surface area contributed by atoms with Crippen molar-refractivity contribution in [1.29, 1.82) is 0 Å². The highest BCUT2D eigenvalue weighted by atomic mass is 79.9. The van der Waals surface area contributed by atoms with E-state index < -0.39 is 11.6 Å². The zero-order chi connectivity index (χ0) is 14.3. The first-order chi connectivity index (χ1) is 9.61. The summed E-state index contributed by atoms with van der Waals surface area (Å²) in [5, 5.41) is 0.438. The van der Waals surface area contributed by atoms with E-state index in [2.05, 4.69) is 15.9 Å². The number of anilines is 2. The van der Waals surface area contributed by atoms with Gasteiger partial charge in [0.2, 0.25) is 0 Å². The maximum Gasteiger partial charge on any atom is 0.150 e. The third-order valence-corrected chi connectivity index (χ3v) is 4.33. The predicted octanol–water partition coefficient (Wildman–Crippen LogP) is 4.94. The molecule has 2 aromatic carbocycles. The molecule has 1 aliphatic rings. The standard InChI is InChI=1S/C16H14BrF2N/c1-10-6-12-4-2-3-5-15(12)20(10)16-13(18)7-11(9-17)8-14(16)19/h2-5,7-8,10H,6,9H2,1H3. The molecule has 104 valence electrons. The van der Waals surface area contributed by atoms with Gasteiger partial charge in [0, 0.05) is 17.1 Å². The highest BCUT2D eigenvalue weighted by Crippen LogP contribution is 2.40. The lowest BCUT2D eigenvalue weighted by Crippen LogP contribution is -2.26. The number of rotatable bonds is 2. The number of alkyl halides is 1. The number of para-hydroxylation sites is 1. The Bertz CT molecular complexity index is 634. The molecule has 0 bridgehead atoms. The molecule has 2 aromatic rings. The second-order valence-electron chi connectivity index (χ2n) is 5.09. The van der Waals surface area contributed by atoms with Gasteiger partial charge >= 0.3 is 0 Å². The number of benzene rings is 2. The molecule has 20 heavy (non-hydrogen) atoms. The van der Waals surface area contributed by atoms with E-state index in [9.17, 15) is 8.78 Å². The fourth-order valence-electron chi connectivity index (χ4n) is 2.83. The number of fused-ring (bicyclic) bond motifs is 1. The first kappa shape index (κ1) is 13.6. The van der Waals surface area contributed by atoms with E-state index in [-0.39, 0.29) is 11.7 Å². The third kappa shape index (κ3) is 2.12. The Morgan fingerprint density at radius 2 is 1.85 bits per heavy atom. The monoisotopic (exact) mass is 337 g/mol. The largest absolute Gasteiger partial charge is 0.333 e. The summed E-state index contributed by atoms with van der Waals surface area (Å²) in [6, 6.07) is 10.6. The lowest BCUT2D eigenvalue weighted by molar-refractivity contribution is 0.571. The van der Waals surface area contributed by atoms with E-state index in [4.69, 9.17) is 0 Å². The molecule has 0 aliphatic carbocycles. The van der Waals surface area contributed by atoms with Gasteiger partial charge in [0.25, 0.3) is 0 Å². The van der Waals surface area contributed by atoms with Crippen molar-refractivity contribution in [3.8, 4) is 0 Å². The van der Waals surface area contributed by atoms with Gasteiger partial charge in [-0.05, 0) is 42.7 Å². The molecule has 0 N–H and O–H groups in total. The van der Waals surface area contributed by atoms with E-state index in [1.807, 2.05) is 31.2 Å². The van der Waals surface area contributed by atoms with Gasteiger partial charge in [-0.1, -0.05) is 34.1 Å². The molecule has 0 radical (unpaired) electrons. The SMILES string of the molecule is CC1Cc2ccccc2N1c1c(F)cc(CBr)cc1F. The Morgan fingerprint density at radius 3 is 2.50 bits per heavy atom.